The molecule has 100 valence electrons. The molecular weight excluding hydrogens is 252 g/mol. The van der Waals surface area contributed by atoms with E-state index in [-0.39, 0.29) is 5.78 Å². The van der Waals surface area contributed by atoms with Crippen LogP contribution >= 0.6 is 0 Å². The van der Waals surface area contributed by atoms with E-state index in [0.717, 1.165) is 11.8 Å². The molecule has 2 aromatic carbocycles. The molecule has 2 aromatic rings. The number of ether oxygens (including phenoxy) is 1. The Hall–Kier alpha value is -2.68. The van der Waals surface area contributed by atoms with Crippen LogP contribution in [0.25, 0.3) is 6.08 Å². The number of benzene rings is 2. The van der Waals surface area contributed by atoms with Crippen LogP contribution in [0.1, 0.15) is 26.3 Å². The van der Waals surface area contributed by atoms with E-state index in [9.17, 15) is 9.59 Å². The lowest BCUT2D eigenvalue weighted by Crippen LogP contribution is -1.94. The van der Waals surface area contributed by atoms with Gasteiger partial charge < -0.3 is 4.74 Å². The largest absolute Gasteiger partial charge is 0.497 e. The van der Waals surface area contributed by atoms with Gasteiger partial charge >= 0.3 is 0 Å². The number of hydrogen-bond donors (Lipinski definition) is 0. The Bertz CT molecular complexity index is 640. The van der Waals surface area contributed by atoms with Crippen molar-refractivity contribution in [3.8, 4) is 5.75 Å². The number of hydrogen-bond acceptors (Lipinski definition) is 3. The van der Waals surface area contributed by atoms with Crippen LogP contribution in [-0.2, 0) is 0 Å². The summed E-state index contributed by atoms with van der Waals surface area (Å²) in [4.78, 5) is 22.7. The topological polar surface area (TPSA) is 43.4 Å². The summed E-state index contributed by atoms with van der Waals surface area (Å²) in [5.41, 5.74) is 1.99. The van der Waals surface area contributed by atoms with Crippen molar-refractivity contribution in [1.29, 1.82) is 0 Å². The lowest BCUT2D eigenvalue weighted by molar-refractivity contribution is 0.104. The van der Waals surface area contributed by atoms with Gasteiger partial charge in [0.1, 0.15) is 12.0 Å². The second-order valence-electron chi connectivity index (χ2n) is 4.21. The first-order chi connectivity index (χ1) is 9.72. The van der Waals surface area contributed by atoms with E-state index in [2.05, 4.69) is 0 Å². The van der Waals surface area contributed by atoms with Gasteiger partial charge in [-0.2, -0.15) is 0 Å². The highest BCUT2D eigenvalue weighted by Crippen LogP contribution is 2.13. The predicted octanol–water partition coefficient (Wildman–Crippen LogP) is 3.40. The average molecular weight is 266 g/mol. The van der Waals surface area contributed by atoms with Gasteiger partial charge in [0.05, 0.1) is 7.11 Å². The molecule has 0 heterocycles. The third-order valence-corrected chi connectivity index (χ3v) is 2.85. The fourth-order valence-electron chi connectivity index (χ4n) is 1.76. The van der Waals surface area contributed by atoms with Gasteiger partial charge in [-0.15, -0.1) is 0 Å². The molecule has 0 unspecified atom stereocenters. The molecule has 0 N–H and O–H groups in total. The molecule has 0 amide bonds. The maximum Gasteiger partial charge on any atom is 0.185 e. The van der Waals surface area contributed by atoms with Crippen LogP contribution in [0.4, 0.5) is 0 Å². The number of carbonyl (C=O) groups excluding carboxylic acids is 2. The van der Waals surface area contributed by atoms with Crippen molar-refractivity contribution in [2.24, 2.45) is 0 Å². The standard InChI is InChI=1S/C17H14O3/c1-20-16-8-6-15(7-9-16)17(19)10-5-13-3-2-4-14(11-13)12-18/h2-12H,1H3. The Balaban J connectivity index is 2.13. The number of rotatable bonds is 5. The molecule has 0 saturated heterocycles. The van der Waals surface area contributed by atoms with Gasteiger partial charge in [-0.05, 0) is 42.0 Å². The van der Waals surface area contributed by atoms with Gasteiger partial charge in [0, 0.05) is 11.1 Å². The SMILES string of the molecule is COc1ccc(C(=O)C=Cc2cccc(C=O)c2)cc1. The van der Waals surface area contributed by atoms with E-state index in [1.807, 2.05) is 6.07 Å². The zero-order valence-corrected chi connectivity index (χ0v) is 11.1. The van der Waals surface area contributed by atoms with Gasteiger partial charge in [0.15, 0.2) is 5.78 Å². The molecule has 3 nitrogen and oxygen atoms in total. The molecule has 0 saturated carbocycles. The Kier molecular flexibility index (Phi) is 4.45. The third-order valence-electron chi connectivity index (χ3n) is 2.85. The minimum Gasteiger partial charge on any atom is -0.497 e. The van der Waals surface area contributed by atoms with Crippen LogP contribution in [0.2, 0.25) is 0 Å². The molecule has 0 radical (unpaired) electrons. The normalized spacial score (nSPS) is 10.4. The van der Waals surface area contributed by atoms with Crippen molar-refractivity contribution in [1.82, 2.24) is 0 Å². The molecule has 20 heavy (non-hydrogen) atoms. The highest BCUT2D eigenvalue weighted by molar-refractivity contribution is 6.06. The highest BCUT2D eigenvalue weighted by atomic mass is 16.5. The fraction of sp³-hybridized carbons (Fsp3) is 0.0588. The molecule has 0 aliphatic heterocycles. The first-order valence-corrected chi connectivity index (χ1v) is 6.14. The Morgan fingerprint density at radius 3 is 2.40 bits per heavy atom. The molecule has 0 aliphatic rings. The minimum atomic E-state index is -0.0934. The van der Waals surface area contributed by atoms with Crippen molar-refractivity contribution in [2.45, 2.75) is 0 Å². The van der Waals surface area contributed by atoms with E-state index in [1.54, 1.807) is 55.7 Å². The van der Waals surface area contributed by atoms with Gasteiger partial charge in [-0.3, -0.25) is 9.59 Å². The van der Waals surface area contributed by atoms with Crippen molar-refractivity contribution in [3.63, 3.8) is 0 Å². The summed E-state index contributed by atoms with van der Waals surface area (Å²) in [6, 6.07) is 14.0. The van der Waals surface area contributed by atoms with Gasteiger partial charge in [0.2, 0.25) is 0 Å². The third kappa shape index (κ3) is 3.42. The quantitative estimate of drug-likeness (QED) is 0.473. The molecule has 0 aromatic heterocycles. The summed E-state index contributed by atoms with van der Waals surface area (Å²) in [7, 11) is 1.58. The molecular formula is C17H14O3. The summed E-state index contributed by atoms with van der Waals surface area (Å²) in [6.07, 6.45) is 3.97. The summed E-state index contributed by atoms with van der Waals surface area (Å²) in [5, 5.41) is 0. The second-order valence-corrected chi connectivity index (χ2v) is 4.21. The lowest BCUT2D eigenvalue weighted by atomic mass is 10.1. The first-order valence-electron chi connectivity index (χ1n) is 6.14. The molecule has 0 spiro atoms. The molecule has 0 bridgehead atoms. The van der Waals surface area contributed by atoms with Crippen molar-refractivity contribution >= 4 is 18.1 Å². The number of methoxy groups -OCH3 is 1. The lowest BCUT2D eigenvalue weighted by Gasteiger charge is -2.00. The second kappa shape index (κ2) is 6.48. The van der Waals surface area contributed by atoms with Crippen LogP contribution in [0, 0.1) is 0 Å². The number of allylic oxidation sites excluding steroid dienone is 1. The molecule has 3 heteroatoms. The Morgan fingerprint density at radius 2 is 1.75 bits per heavy atom. The monoisotopic (exact) mass is 266 g/mol. The predicted molar refractivity (Wildman–Crippen MR) is 78.2 cm³/mol. The van der Waals surface area contributed by atoms with E-state index in [1.165, 1.54) is 6.08 Å². The van der Waals surface area contributed by atoms with Gasteiger partial charge in [0.25, 0.3) is 0 Å². The number of aldehydes is 1. The maximum atomic E-state index is 12.0. The van der Waals surface area contributed by atoms with Crippen LogP contribution < -0.4 is 4.74 Å². The number of carbonyl (C=O) groups is 2. The molecule has 0 atom stereocenters. The van der Waals surface area contributed by atoms with Crippen LogP contribution in [-0.4, -0.2) is 19.2 Å². The maximum absolute atomic E-state index is 12.0. The van der Waals surface area contributed by atoms with Crippen LogP contribution in [0.5, 0.6) is 5.75 Å². The van der Waals surface area contributed by atoms with Crippen molar-refractivity contribution < 1.29 is 14.3 Å². The van der Waals surface area contributed by atoms with E-state index in [4.69, 9.17) is 4.74 Å². The molecule has 0 fully saturated rings. The number of ketones is 1. The zero-order chi connectivity index (χ0) is 14.4. The molecule has 2 rings (SSSR count). The van der Waals surface area contributed by atoms with Crippen molar-refractivity contribution in [3.05, 3.63) is 71.3 Å². The highest BCUT2D eigenvalue weighted by Gasteiger charge is 2.01. The summed E-state index contributed by atoms with van der Waals surface area (Å²) in [6.45, 7) is 0. The smallest absolute Gasteiger partial charge is 0.185 e. The van der Waals surface area contributed by atoms with E-state index >= 15 is 0 Å². The average Bonchev–Trinajstić information content (AvgIpc) is 2.53. The summed E-state index contributed by atoms with van der Waals surface area (Å²) < 4.78 is 5.04. The van der Waals surface area contributed by atoms with Gasteiger partial charge in [-0.1, -0.05) is 24.3 Å². The summed E-state index contributed by atoms with van der Waals surface area (Å²) >= 11 is 0. The van der Waals surface area contributed by atoms with Crippen molar-refractivity contribution in [2.75, 3.05) is 7.11 Å². The van der Waals surface area contributed by atoms with E-state index < -0.39 is 0 Å². The summed E-state index contributed by atoms with van der Waals surface area (Å²) in [5.74, 6) is 0.619. The first kappa shape index (κ1) is 13.7. The van der Waals surface area contributed by atoms with Crippen LogP contribution in [0.15, 0.2) is 54.6 Å². The molecule has 0 aliphatic carbocycles. The zero-order valence-electron chi connectivity index (χ0n) is 11.1. The Labute approximate surface area is 117 Å². The van der Waals surface area contributed by atoms with Gasteiger partial charge in [-0.25, -0.2) is 0 Å². The minimum absolute atomic E-state index is 0.0934. The van der Waals surface area contributed by atoms with Crippen LogP contribution in [0.3, 0.4) is 0 Å². The fourth-order valence-corrected chi connectivity index (χ4v) is 1.76. The Morgan fingerprint density at radius 1 is 1.05 bits per heavy atom. The van der Waals surface area contributed by atoms with E-state index in [0.29, 0.717) is 16.9 Å².